The van der Waals surface area contributed by atoms with Crippen LogP contribution in [-0.4, -0.2) is 24.0 Å². The van der Waals surface area contributed by atoms with E-state index in [1.165, 1.54) is 0 Å². The number of hydrogen-bond donors (Lipinski definition) is 1. The predicted molar refractivity (Wildman–Crippen MR) is 69.6 cm³/mol. The molecule has 1 saturated heterocycles. The van der Waals surface area contributed by atoms with Gasteiger partial charge in [0.25, 0.3) is 5.92 Å². The minimum absolute atomic E-state index is 0.142. The van der Waals surface area contributed by atoms with Crippen molar-refractivity contribution < 1.29 is 13.2 Å². The van der Waals surface area contributed by atoms with Crippen LogP contribution in [0.4, 0.5) is 20.2 Å². The maximum atomic E-state index is 13.2. The normalized spacial score (nSPS) is 19.0. The maximum absolute atomic E-state index is 13.2. The van der Waals surface area contributed by atoms with Crippen molar-refractivity contribution >= 4 is 22.5 Å². The second-order valence-electron chi connectivity index (χ2n) is 4.96. The SMILES string of the molecule is Cc1nc2cc(N)cc(N3CCC(F)(F)CC3)c2o1. The van der Waals surface area contributed by atoms with E-state index in [4.69, 9.17) is 10.2 Å². The molecule has 1 aromatic heterocycles. The fourth-order valence-corrected chi connectivity index (χ4v) is 2.46. The number of nitrogen functional groups attached to an aromatic ring is 1. The van der Waals surface area contributed by atoms with Gasteiger partial charge in [0, 0.05) is 38.5 Å². The smallest absolute Gasteiger partial charge is 0.251 e. The van der Waals surface area contributed by atoms with Gasteiger partial charge in [-0.3, -0.25) is 0 Å². The summed E-state index contributed by atoms with van der Waals surface area (Å²) in [6, 6.07) is 3.49. The average molecular weight is 267 g/mol. The van der Waals surface area contributed by atoms with Gasteiger partial charge >= 0.3 is 0 Å². The number of piperidine rings is 1. The van der Waals surface area contributed by atoms with E-state index in [-0.39, 0.29) is 12.8 Å². The van der Waals surface area contributed by atoms with Crippen LogP contribution in [0.25, 0.3) is 11.1 Å². The number of anilines is 2. The quantitative estimate of drug-likeness (QED) is 0.807. The van der Waals surface area contributed by atoms with Crippen molar-refractivity contribution in [3.63, 3.8) is 0 Å². The van der Waals surface area contributed by atoms with Gasteiger partial charge in [-0.05, 0) is 12.1 Å². The first-order valence-corrected chi connectivity index (χ1v) is 6.24. The largest absolute Gasteiger partial charge is 0.439 e. The Balaban J connectivity index is 2.00. The Bertz CT molecular complexity index is 614. The molecule has 1 aromatic carbocycles. The lowest BCUT2D eigenvalue weighted by molar-refractivity contribution is -0.0220. The molecule has 0 aliphatic carbocycles. The number of benzene rings is 1. The molecule has 0 saturated carbocycles. The Morgan fingerprint density at radius 1 is 1.32 bits per heavy atom. The molecule has 3 rings (SSSR count). The van der Waals surface area contributed by atoms with Gasteiger partial charge in [-0.15, -0.1) is 0 Å². The predicted octanol–water partition coefficient (Wildman–Crippen LogP) is 2.95. The highest BCUT2D eigenvalue weighted by molar-refractivity contribution is 5.90. The number of aryl methyl sites for hydroxylation is 1. The fraction of sp³-hybridized carbons (Fsp3) is 0.462. The summed E-state index contributed by atoms with van der Waals surface area (Å²) in [4.78, 5) is 6.13. The molecule has 0 unspecified atom stereocenters. The van der Waals surface area contributed by atoms with Gasteiger partial charge in [-0.1, -0.05) is 0 Å². The zero-order valence-corrected chi connectivity index (χ0v) is 10.6. The van der Waals surface area contributed by atoms with Crippen molar-refractivity contribution in [2.45, 2.75) is 25.7 Å². The van der Waals surface area contributed by atoms with E-state index in [1.54, 1.807) is 19.1 Å². The lowest BCUT2D eigenvalue weighted by atomic mass is 10.1. The molecule has 0 spiro atoms. The van der Waals surface area contributed by atoms with E-state index in [1.807, 2.05) is 4.90 Å². The lowest BCUT2D eigenvalue weighted by Crippen LogP contribution is -2.39. The molecular weight excluding hydrogens is 252 g/mol. The van der Waals surface area contributed by atoms with Crippen LogP contribution in [0.2, 0.25) is 0 Å². The average Bonchev–Trinajstić information content (AvgIpc) is 2.68. The minimum Gasteiger partial charge on any atom is -0.439 e. The van der Waals surface area contributed by atoms with Crippen LogP contribution >= 0.6 is 0 Å². The summed E-state index contributed by atoms with van der Waals surface area (Å²) in [6.45, 7) is 2.35. The Morgan fingerprint density at radius 2 is 2.00 bits per heavy atom. The summed E-state index contributed by atoms with van der Waals surface area (Å²) in [7, 11) is 0. The molecule has 1 fully saturated rings. The molecule has 2 heterocycles. The molecular formula is C13H15F2N3O. The topological polar surface area (TPSA) is 55.3 Å². The van der Waals surface area contributed by atoms with Crippen LogP contribution in [-0.2, 0) is 0 Å². The van der Waals surface area contributed by atoms with Crippen LogP contribution in [0, 0.1) is 6.92 Å². The van der Waals surface area contributed by atoms with Gasteiger partial charge in [-0.2, -0.15) is 0 Å². The zero-order valence-electron chi connectivity index (χ0n) is 10.6. The van der Waals surface area contributed by atoms with Crippen molar-refractivity contribution in [3.8, 4) is 0 Å². The van der Waals surface area contributed by atoms with Gasteiger partial charge in [0.15, 0.2) is 11.5 Å². The van der Waals surface area contributed by atoms with Crippen molar-refractivity contribution in [2.75, 3.05) is 23.7 Å². The van der Waals surface area contributed by atoms with E-state index in [0.717, 1.165) is 5.69 Å². The van der Waals surface area contributed by atoms with E-state index >= 15 is 0 Å². The first kappa shape index (κ1) is 12.2. The van der Waals surface area contributed by atoms with Crippen molar-refractivity contribution in [1.29, 1.82) is 0 Å². The second-order valence-corrected chi connectivity index (χ2v) is 4.96. The third kappa shape index (κ3) is 2.22. The highest BCUT2D eigenvalue weighted by Crippen LogP contribution is 2.35. The Hall–Kier alpha value is -1.85. The molecule has 4 nitrogen and oxygen atoms in total. The molecule has 19 heavy (non-hydrogen) atoms. The monoisotopic (exact) mass is 267 g/mol. The summed E-state index contributed by atoms with van der Waals surface area (Å²) in [5.74, 6) is -2.02. The van der Waals surface area contributed by atoms with Gasteiger partial charge in [0.1, 0.15) is 5.52 Å². The van der Waals surface area contributed by atoms with Crippen molar-refractivity contribution in [3.05, 3.63) is 18.0 Å². The third-order valence-corrected chi connectivity index (χ3v) is 3.44. The number of hydrogen-bond acceptors (Lipinski definition) is 4. The van der Waals surface area contributed by atoms with E-state index in [2.05, 4.69) is 4.98 Å². The Labute approximate surface area is 109 Å². The molecule has 0 bridgehead atoms. The number of aromatic nitrogens is 1. The summed E-state index contributed by atoms with van der Waals surface area (Å²) < 4.78 is 32.0. The molecule has 2 aromatic rings. The van der Waals surface area contributed by atoms with Gasteiger partial charge in [-0.25, -0.2) is 13.8 Å². The van der Waals surface area contributed by atoms with Crippen LogP contribution < -0.4 is 10.6 Å². The number of alkyl halides is 2. The molecule has 0 amide bonds. The first-order valence-electron chi connectivity index (χ1n) is 6.24. The van der Waals surface area contributed by atoms with Gasteiger partial charge in [0.2, 0.25) is 0 Å². The number of halogens is 2. The minimum atomic E-state index is -2.56. The van der Waals surface area contributed by atoms with Gasteiger partial charge < -0.3 is 15.1 Å². The molecule has 1 aliphatic heterocycles. The number of rotatable bonds is 1. The number of nitrogens with zero attached hydrogens (tertiary/aromatic N) is 2. The number of fused-ring (bicyclic) bond motifs is 1. The summed E-state index contributed by atoms with van der Waals surface area (Å²) in [5, 5.41) is 0. The van der Waals surface area contributed by atoms with Crippen LogP contribution in [0.15, 0.2) is 16.5 Å². The van der Waals surface area contributed by atoms with E-state index < -0.39 is 5.92 Å². The van der Waals surface area contributed by atoms with Crippen LogP contribution in [0.3, 0.4) is 0 Å². The molecule has 1 aliphatic rings. The second kappa shape index (κ2) is 4.08. The van der Waals surface area contributed by atoms with E-state index in [9.17, 15) is 8.78 Å². The summed E-state index contributed by atoms with van der Waals surface area (Å²) >= 11 is 0. The maximum Gasteiger partial charge on any atom is 0.251 e. The molecule has 0 atom stereocenters. The Morgan fingerprint density at radius 3 is 2.68 bits per heavy atom. The Kier molecular flexibility index (Phi) is 2.62. The molecule has 0 radical (unpaired) electrons. The first-order chi connectivity index (χ1) is 8.94. The lowest BCUT2D eigenvalue weighted by Gasteiger charge is -2.33. The van der Waals surface area contributed by atoms with E-state index in [0.29, 0.717) is 35.8 Å². The number of nitrogens with two attached hydrogens (primary N) is 1. The van der Waals surface area contributed by atoms with Crippen LogP contribution in [0.5, 0.6) is 0 Å². The highest BCUT2D eigenvalue weighted by atomic mass is 19.3. The van der Waals surface area contributed by atoms with Crippen LogP contribution in [0.1, 0.15) is 18.7 Å². The molecule has 102 valence electrons. The summed E-state index contributed by atoms with van der Waals surface area (Å²) in [5.41, 5.74) is 8.45. The molecule has 6 heteroatoms. The third-order valence-electron chi connectivity index (χ3n) is 3.44. The van der Waals surface area contributed by atoms with Gasteiger partial charge in [0.05, 0.1) is 5.69 Å². The zero-order chi connectivity index (χ0) is 13.6. The van der Waals surface area contributed by atoms with Crippen molar-refractivity contribution in [2.24, 2.45) is 0 Å². The highest BCUT2D eigenvalue weighted by Gasteiger charge is 2.34. The number of oxazole rings is 1. The van der Waals surface area contributed by atoms with Crippen molar-refractivity contribution in [1.82, 2.24) is 4.98 Å². The molecule has 2 N–H and O–H groups in total. The standard InChI is InChI=1S/C13H15F2N3O/c1-8-17-10-6-9(16)7-11(12(10)19-8)18-4-2-13(14,15)3-5-18/h6-7H,2-5,16H2,1H3. The fourth-order valence-electron chi connectivity index (χ4n) is 2.46. The summed E-state index contributed by atoms with van der Waals surface area (Å²) in [6.07, 6.45) is -0.285.